The Hall–Kier alpha value is -4.58. The second-order valence-electron chi connectivity index (χ2n) is 12.7. The van der Waals surface area contributed by atoms with Crippen LogP contribution in [0.25, 0.3) is 0 Å². The Morgan fingerprint density at radius 2 is 1.47 bits per heavy atom. The van der Waals surface area contributed by atoms with Gasteiger partial charge in [0.15, 0.2) is 0 Å². The molecule has 0 N–H and O–H groups in total. The number of carbonyl (C=O) groups excluding carboxylic acids is 2. The highest BCUT2D eigenvalue weighted by atomic mass is 19.4. The third-order valence-corrected chi connectivity index (χ3v) is 8.83. The van der Waals surface area contributed by atoms with Crippen LogP contribution in [0.1, 0.15) is 99.4 Å². The first-order valence-electron chi connectivity index (χ1n) is 16.9. The van der Waals surface area contributed by atoms with E-state index in [4.69, 9.17) is 0 Å². The molecule has 0 saturated carbocycles. The fraction of sp³-hybridized carbons (Fsp3) is 0.559. The molecular weight excluding hydrogens is 727 g/mol. The van der Waals surface area contributed by atoms with Gasteiger partial charge in [0.25, 0.3) is 5.95 Å². The fourth-order valence-corrected chi connectivity index (χ4v) is 6.38. The number of aromatic nitrogens is 4. The number of tetrazole rings is 1. The van der Waals surface area contributed by atoms with Gasteiger partial charge < -0.3 is 19.3 Å². The van der Waals surface area contributed by atoms with Crippen LogP contribution in [0.4, 0.5) is 51.1 Å². The molecule has 2 atom stereocenters. The van der Waals surface area contributed by atoms with Crippen LogP contribution >= 0.6 is 0 Å². The number of fused-ring (bicyclic) bond motifs is 1. The molecule has 0 aliphatic carbocycles. The number of rotatable bonds is 15. The van der Waals surface area contributed by atoms with E-state index in [9.17, 15) is 49.1 Å². The van der Waals surface area contributed by atoms with Gasteiger partial charge in [-0.05, 0) is 72.9 Å². The summed E-state index contributed by atoms with van der Waals surface area (Å²) in [6.07, 6.45) is -10.3. The zero-order valence-corrected chi connectivity index (χ0v) is 29.1. The molecule has 0 saturated heterocycles. The lowest BCUT2D eigenvalue weighted by Crippen LogP contribution is -2.47. The van der Waals surface area contributed by atoms with E-state index in [1.165, 1.54) is 30.0 Å². The molecule has 19 heteroatoms. The Balaban J connectivity index is 1.70. The number of carbonyl (C=O) groups is 2. The molecule has 53 heavy (non-hydrogen) atoms. The van der Waals surface area contributed by atoms with E-state index < -0.39 is 59.8 Å². The summed E-state index contributed by atoms with van der Waals surface area (Å²) in [5.41, 5.74) is -3.25. The van der Waals surface area contributed by atoms with Crippen molar-refractivity contribution < 1.29 is 58.6 Å². The molecular formula is C34H39F9N6O4. The van der Waals surface area contributed by atoms with Gasteiger partial charge in [-0.2, -0.15) is 31.1 Å². The van der Waals surface area contributed by atoms with Crippen molar-refractivity contribution >= 4 is 23.5 Å². The monoisotopic (exact) mass is 766 g/mol. The summed E-state index contributed by atoms with van der Waals surface area (Å²) in [6.45, 7) is 1.13. The third-order valence-electron chi connectivity index (χ3n) is 8.83. The number of hydrogen-bond donors (Lipinski definition) is 0. The number of amides is 1. The van der Waals surface area contributed by atoms with Crippen LogP contribution in [-0.2, 0) is 40.3 Å². The van der Waals surface area contributed by atoms with Crippen LogP contribution in [0.15, 0.2) is 36.4 Å². The average molecular weight is 767 g/mol. The number of nitrogens with zero attached hydrogens (tertiary/aromatic N) is 6. The van der Waals surface area contributed by atoms with Crippen molar-refractivity contribution in [2.24, 2.45) is 7.05 Å². The van der Waals surface area contributed by atoms with Crippen molar-refractivity contribution in [3.63, 3.8) is 0 Å². The predicted octanol–water partition coefficient (Wildman–Crippen LogP) is 8.70. The molecule has 2 aromatic carbocycles. The minimum Gasteiger partial charge on any atom is -0.469 e. The molecule has 0 spiro atoms. The SMILES string of the molecule is CCC1CC(N(Cc2cc(C(F)(F)F)cc(C(F)(F)F)c2)c2nnn(C)n2)c2cc(OC(F)(F)F)ccc2N1C(=O)CCCCCCCCC(=O)OC. The van der Waals surface area contributed by atoms with Crippen LogP contribution in [0, 0.1) is 0 Å². The molecule has 0 fully saturated rings. The Morgan fingerprint density at radius 3 is 2.00 bits per heavy atom. The van der Waals surface area contributed by atoms with Gasteiger partial charge in [0.1, 0.15) is 5.75 Å². The van der Waals surface area contributed by atoms with E-state index in [1.54, 1.807) is 6.92 Å². The molecule has 1 aliphatic rings. The smallest absolute Gasteiger partial charge is 0.469 e. The number of hydrogen-bond acceptors (Lipinski definition) is 8. The standard InChI is InChI=1S/C34H39F9N6O4/c1-4-24-18-28(48(31-44-46-47(2)45-31)20-21-15-22(32(35,36)37)17-23(16-21)33(38,39)40)26-19-25(53-34(41,42)43)13-14-27(26)49(24)29(50)11-9-7-5-6-8-10-12-30(51)52-3/h13-17,19,24,28H,4-12,18,20H2,1-3H3. The molecule has 10 nitrogen and oxygen atoms in total. The van der Waals surface area contributed by atoms with E-state index in [-0.39, 0.29) is 48.0 Å². The van der Waals surface area contributed by atoms with Crippen molar-refractivity contribution in [1.29, 1.82) is 0 Å². The average Bonchev–Trinajstić information content (AvgIpc) is 3.51. The summed E-state index contributed by atoms with van der Waals surface area (Å²) in [7, 11) is 2.70. The Labute approximate surface area is 299 Å². The van der Waals surface area contributed by atoms with Crippen LogP contribution in [0.5, 0.6) is 5.75 Å². The lowest BCUT2D eigenvalue weighted by molar-refractivity contribution is -0.274. The van der Waals surface area contributed by atoms with Gasteiger partial charge in [-0.15, -0.1) is 18.3 Å². The number of unbranched alkanes of at least 4 members (excludes halogenated alkanes) is 5. The van der Waals surface area contributed by atoms with Crippen molar-refractivity contribution in [3.8, 4) is 5.75 Å². The van der Waals surface area contributed by atoms with Crippen molar-refractivity contribution in [3.05, 3.63) is 58.7 Å². The molecule has 1 aliphatic heterocycles. The molecule has 1 amide bonds. The van der Waals surface area contributed by atoms with Crippen LogP contribution in [0.3, 0.4) is 0 Å². The number of ether oxygens (including phenoxy) is 2. The molecule has 292 valence electrons. The summed E-state index contributed by atoms with van der Waals surface area (Å²) in [5, 5.41) is 11.8. The maximum absolute atomic E-state index is 13.8. The van der Waals surface area contributed by atoms with Crippen molar-refractivity contribution in [1.82, 2.24) is 20.2 Å². The Morgan fingerprint density at radius 1 is 0.868 bits per heavy atom. The van der Waals surface area contributed by atoms with Gasteiger partial charge in [-0.1, -0.05) is 37.7 Å². The summed E-state index contributed by atoms with van der Waals surface area (Å²) in [5.74, 6) is -1.48. The maximum atomic E-state index is 13.8. The number of anilines is 2. The second-order valence-corrected chi connectivity index (χ2v) is 12.7. The third kappa shape index (κ3) is 11.2. The van der Waals surface area contributed by atoms with Gasteiger partial charge in [0.2, 0.25) is 5.91 Å². The van der Waals surface area contributed by atoms with Gasteiger partial charge in [-0.3, -0.25) is 9.59 Å². The minimum atomic E-state index is -5.13. The van der Waals surface area contributed by atoms with E-state index in [0.717, 1.165) is 36.2 Å². The number of alkyl halides is 9. The first kappa shape index (κ1) is 41.2. The lowest BCUT2D eigenvalue weighted by Gasteiger charge is -2.44. The molecule has 3 aromatic rings. The minimum absolute atomic E-state index is 0.00570. The van der Waals surface area contributed by atoms with Gasteiger partial charge in [0, 0.05) is 36.7 Å². The first-order valence-corrected chi connectivity index (χ1v) is 16.9. The largest absolute Gasteiger partial charge is 0.573 e. The van der Waals surface area contributed by atoms with Crippen LogP contribution < -0.4 is 14.5 Å². The van der Waals surface area contributed by atoms with Crippen molar-refractivity contribution in [2.75, 3.05) is 16.9 Å². The Bertz CT molecular complexity index is 1680. The van der Waals surface area contributed by atoms with E-state index in [1.807, 2.05) is 0 Å². The summed E-state index contributed by atoms with van der Waals surface area (Å²) in [4.78, 5) is 28.8. The van der Waals surface area contributed by atoms with Crippen LogP contribution in [-0.4, -0.2) is 51.6 Å². The van der Waals surface area contributed by atoms with E-state index in [0.29, 0.717) is 44.2 Å². The summed E-state index contributed by atoms with van der Waals surface area (Å²) < 4.78 is 132. The normalized spacial score (nSPS) is 16.3. The van der Waals surface area contributed by atoms with Crippen molar-refractivity contribution in [2.45, 2.75) is 108 Å². The number of esters is 1. The Kier molecular flexibility index (Phi) is 13.2. The first-order chi connectivity index (χ1) is 24.8. The topological polar surface area (TPSA) is 103 Å². The lowest BCUT2D eigenvalue weighted by atomic mass is 9.87. The maximum Gasteiger partial charge on any atom is 0.573 e. The molecule has 0 radical (unpaired) electrons. The number of aryl methyl sites for hydroxylation is 1. The van der Waals surface area contributed by atoms with Gasteiger partial charge in [-0.25, -0.2) is 0 Å². The van der Waals surface area contributed by atoms with E-state index in [2.05, 4.69) is 24.9 Å². The molecule has 4 rings (SSSR count). The molecule has 2 unspecified atom stereocenters. The summed E-state index contributed by atoms with van der Waals surface area (Å²) >= 11 is 0. The summed E-state index contributed by atoms with van der Waals surface area (Å²) in [6, 6.07) is 2.81. The number of halogens is 9. The van der Waals surface area contributed by atoms with Crippen LogP contribution in [0.2, 0.25) is 0 Å². The predicted molar refractivity (Wildman–Crippen MR) is 172 cm³/mol. The highest BCUT2D eigenvalue weighted by molar-refractivity contribution is 5.95. The number of methoxy groups -OCH3 is 1. The quantitative estimate of drug-likeness (QED) is 0.0861. The molecule has 2 heterocycles. The molecule has 1 aromatic heterocycles. The zero-order valence-electron chi connectivity index (χ0n) is 29.1. The number of benzene rings is 2. The second kappa shape index (κ2) is 17.0. The highest BCUT2D eigenvalue weighted by Gasteiger charge is 2.41. The highest BCUT2D eigenvalue weighted by Crippen LogP contribution is 2.46. The fourth-order valence-electron chi connectivity index (χ4n) is 6.38. The van der Waals surface area contributed by atoms with Gasteiger partial charge in [0.05, 0.1) is 31.3 Å². The zero-order chi connectivity index (χ0) is 39.1. The molecule has 0 bridgehead atoms. The van der Waals surface area contributed by atoms with Gasteiger partial charge >= 0.3 is 24.7 Å². The van der Waals surface area contributed by atoms with E-state index >= 15 is 0 Å².